The molecule has 0 aromatic carbocycles. The van der Waals surface area contributed by atoms with Gasteiger partial charge in [-0.05, 0) is 18.2 Å². The second kappa shape index (κ2) is 5.26. The molecule has 3 heterocycles. The molecule has 0 unspecified atom stereocenters. The molecule has 0 saturated heterocycles. The Labute approximate surface area is 110 Å². The normalized spacial score (nSPS) is 10.3. The molecule has 0 saturated carbocycles. The van der Waals surface area contributed by atoms with Gasteiger partial charge in [0.2, 0.25) is 0 Å². The molecule has 19 heavy (non-hydrogen) atoms. The number of pyridine rings is 1. The second-order valence-electron chi connectivity index (χ2n) is 3.91. The van der Waals surface area contributed by atoms with Gasteiger partial charge in [0, 0.05) is 24.8 Å². The van der Waals surface area contributed by atoms with Gasteiger partial charge in [-0.1, -0.05) is 0 Å². The van der Waals surface area contributed by atoms with E-state index in [0.717, 1.165) is 17.2 Å². The third-order valence-electron chi connectivity index (χ3n) is 2.58. The molecule has 0 aliphatic carbocycles. The van der Waals surface area contributed by atoms with Gasteiger partial charge in [-0.25, -0.2) is 9.67 Å². The summed E-state index contributed by atoms with van der Waals surface area (Å²) in [4.78, 5) is 12.5. The fourth-order valence-corrected chi connectivity index (χ4v) is 1.64. The van der Waals surface area contributed by atoms with Crippen molar-refractivity contribution in [2.75, 3.05) is 5.32 Å². The van der Waals surface area contributed by atoms with E-state index in [1.807, 2.05) is 24.4 Å². The molecule has 3 aromatic rings. The topological polar surface area (TPSA) is 68.5 Å². The lowest BCUT2D eigenvalue weighted by atomic mass is 10.3. The number of hydrogen-bond donors (Lipinski definition) is 1. The van der Waals surface area contributed by atoms with Crippen molar-refractivity contribution in [3.63, 3.8) is 0 Å². The van der Waals surface area contributed by atoms with Crippen molar-refractivity contribution < 1.29 is 0 Å². The minimum absolute atomic E-state index is 0.622. The van der Waals surface area contributed by atoms with E-state index in [-0.39, 0.29) is 0 Å². The Morgan fingerprint density at radius 2 is 2.05 bits per heavy atom. The van der Waals surface area contributed by atoms with E-state index in [9.17, 15) is 0 Å². The van der Waals surface area contributed by atoms with Crippen LogP contribution in [0.25, 0.3) is 5.82 Å². The van der Waals surface area contributed by atoms with E-state index in [1.54, 1.807) is 35.7 Å². The van der Waals surface area contributed by atoms with Gasteiger partial charge in [-0.2, -0.15) is 5.10 Å². The summed E-state index contributed by atoms with van der Waals surface area (Å²) in [6.45, 7) is 0.622. The molecule has 6 nitrogen and oxygen atoms in total. The van der Waals surface area contributed by atoms with E-state index < -0.39 is 0 Å². The lowest BCUT2D eigenvalue weighted by molar-refractivity contribution is 0.846. The Bertz CT molecular complexity index is 618. The van der Waals surface area contributed by atoms with Crippen LogP contribution in [0.15, 0.2) is 55.4 Å². The van der Waals surface area contributed by atoms with Crippen molar-refractivity contribution in [1.29, 1.82) is 0 Å². The quantitative estimate of drug-likeness (QED) is 0.765. The van der Waals surface area contributed by atoms with Gasteiger partial charge in [0.05, 0.1) is 30.3 Å². The molecule has 0 fully saturated rings. The molecular weight excluding hydrogens is 240 g/mol. The molecule has 0 radical (unpaired) electrons. The van der Waals surface area contributed by atoms with E-state index in [1.165, 1.54) is 0 Å². The molecule has 0 atom stereocenters. The first-order chi connectivity index (χ1) is 9.42. The summed E-state index contributed by atoms with van der Waals surface area (Å²) in [5.74, 6) is 0.787. The number of nitrogens with one attached hydrogen (secondary N) is 1. The number of rotatable bonds is 4. The molecule has 6 heteroatoms. The van der Waals surface area contributed by atoms with Crippen molar-refractivity contribution in [3.8, 4) is 5.82 Å². The number of anilines is 1. The fraction of sp³-hybridized carbons (Fsp3) is 0.0769. The van der Waals surface area contributed by atoms with Gasteiger partial charge in [0.1, 0.15) is 0 Å². The molecule has 0 amide bonds. The molecule has 3 aromatic heterocycles. The molecule has 1 N–H and O–H groups in total. The number of aromatic nitrogens is 5. The highest BCUT2D eigenvalue weighted by Crippen LogP contribution is 2.09. The lowest BCUT2D eigenvalue weighted by Gasteiger charge is -2.06. The highest BCUT2D eigenvalue weighted by atomic mass is 15.3. The van der Waals surface area contributed by atoms with Crippen LogP contribution in [-0.4, -0.2) is 24.7 Å². The van der Waals surface area contributed by atoms with E-state index in [2.05, 4.69) is 25.4 Å². The zero-order valence-corrected chi connectivity index (χ0v) is 10.1. The Hall–Kier alpha value is -2.76. The first-order valence-corrected chi connectivity index (χ1v) is 5.87. The van der Waals surface area contributed by atoms with Gasteiger partial charge in [0.15, 0.2) is 5.82 Å². The van der Waals surface area contributed by atoms with E-state index in [4.69, 9.17) is 0 Å². The van der Waals surface area contributed by atoms with Gasteiger partial charge in [0.25, 0.3) is 0 Å². The molecule has 3 rings (SSSR count). The van der Waals surface area contributed by atoms with Gasteiger partial charge >= 0.3 is 0 Å². The maximum Gasteiger partial charge on any atom is 0.153 e. The van der Waals surface area contributed by atoms with Crippen LogP contribution in [0.2, 0.25) is 0 Å². The fourth-order valence-electron chi connectivity index (χ4n) is 1.64. The van der Waals surface area contributed by atoms with Crippen molar-refractivity contribution in [2.24, 2.45) is 0 Å². The zero-order valence-electron chi connectivity index (χ0n) is 10.1. The third kappa shape index (κ3) is 2.74. The van der Waals surface area contributed by atoms with Crippen LogP contribution >= 0.6 is 0 Å². The summed E-state index contributed by atoms with van der Waals surface area (Å²) >= 11 is 0. The summed E-state index contributed by atoms with van der Waals surface area (Å²) < 4.78 is 1.71. The molecule has 94 valence electrons. The van der Waals surface area contributed by atoms with Crippen molar-refractivity contribution in [1.82, 2.24) is 24.7 Å². The summed E-state index contributed by atoms with van der Waals surface area (Å²) in [6.07, 6.45) is 10.4. The van der Waals surface area contributed by atoms with E-state index >= 15 is 0 Å². The van der Waals surface area contributed by atoms with Gasteiger partial charge in [-0.15, -0.1) is 0 Å². The van der Waals surface area contributed by atoms with E-state index in [0.29, 0.717) is 6.54 Å². The average molecular weight is 252 g/mol. The second-order valence-corrected chi connectivity index (χ2v) is 3.91. The smallest absolute Gasteiger partial charge is 0.153 e. The van der Waals surface area contributed by atoms with Crippen LogP contribution in [-0.2, 0) is 6.54 Å². The summed E-state index contributed by atoms with van der Waals surface area (Å²) in [5, 5.41) is 7.36. The van der Waals surface area contributed by atoms with Crippen molar-refractivity contribution >= 4 is 5.69 Å². The number of nitrogens with zero attached hydrogens (tertiary/aromatic N) is 5. The molecule has 0 aliphatic rings. The van der Waals surface area contributed by atoms with Crippen LogP contribution < -0.4 is 5.32 Å². The summed E-state index contributed by atoms with van der Waals surface area (Å²) in [5.41, 5.74) is 1.82. The highest BCUT2D eigenvalue weighted by molar-refractivity contribution is 5.43. The number of hydrogen-bond acceptors (Lipinski definition) is 5. The molecular formula is C13H12N6. The van der Waals surface area contributed by atoms with Crippen LogP contribution in [0.3, 0.4) is 0 Å². The first kappa shape index (κ1) is 11.3. The first-order valence-electron chi connectivity index (χ1n) is 5.87. The predicted molar refractivity (Wildman–Crippen MR) is 70.7 cm³/mol. The van der Waals surface area contributed by atoms with Crippen LogP contribution in [0.1, 0.15) is 5.69 Å². The standard InChI is InChI=1S/C13H12N6/c1-4-18-19(7-1)13-3-2-11(9-17-13)16-10-12-8-14-5-6-15-12/h1-9,16H,10H2. The molecule has 0 bridgehead atoms. The minimum atomic E-state index is 0.622. The minimum Gasteiger partial charge on any atom is -0.378 e. The largest absolute Gasteiger partial charge is 0.378 e. The Morgan fingerprint density at radius 3 is 2.74 bits per heavy atom. The maximum absolute atomic E-state index is 4.34. The Kier molecular flexibility index (Phi) is 3.14. The Balaban J connectivity index is 1.67. The van der Waals surface area contributed by atoms with Crippen LogP contribution in [0.4, 0.5) is 5.69 Å². The predicted octanol–water partition coefficient (Wildman–Crippen LogP) is 1.67. The SMILES string of the molecule is c1cnn(-c2ccc(NCc3cnccn3)cn2)c1. The Morgan fingerprint density at radius 1 is 1.05 bits per heavy atom. The molecule has 0 aliphatic heterocycles. The van der Waals surface area contributed by atoms with Gasteiger partial charge < -0.3 is 5.32 Å². The average Bonchev–Trinajstić information content (AvgIpc) is 3.01. The highest BCUT2D eigenvalue weighted by Gasteiger charge is 1.99. The lowest BCUT2D eigenvalue weighted by Crippen LogP contribution is -2.03. The zero-order chi connectivity index (χ0) is 12.9. The summed E-state index contributed by atoms with van der Waals surface area (Å²) in [7, 11) is 0. The van der Waals surface area contributed by atoms with Crippen molar-refractivity contribution in [2.45, 2.75) is 6.54 Å². The van der Waals surface area contributed by atoms with Gasteiger partial charge in [-0.3, -0.25) is 9.97 Å². The maximum atomic E-state index is 4.34. The van der Waals surface area contributed by atoms with Crippen LogP contribution in [0, 0.1) is 0 Å². The summed E-state index contributed by atoms with van der Waals surface area (Å²) in [6, 6.07) is 5.73. The monoisotopic (exact) mass is 252 g/mol. The van der Waals surface area contributed by atoms with Crippen LogP contribution in [0.5, 0.6) is 0 Å². The van der Waals surface area contributed by atoms with Crippen molar-refractivity contribution in [3.05, 3.63) is 61.1 Å². The third-order valence-corrected chi connectivity index (χ3v) is 2.58. The molecule has 0 spiro atoms.